The van der Waals surface area contributed by atoms with Gasteiger partial charge in [-0.15, -0.1) is 12.4 Å². The van der Waals surface area contributed by atoms with E-state index in [9.17, 15) is 4.79 Å². The van der Waals surface area contributed by atoms with Crippen LogP contribution in [0.25, 0.3) is 0 Å². The fourth-order valence-corrected chi connectivity index (χ4v) is 4.14. The summed E-state index contributed by atoms with van der Waals surface area (Å²) in [7, 11) is 0. The molecule has 1 saturated heterocycles. The first-order chi connectivity index (χ1) is 10.7. The van der Waals surface area contributed by atoms with Gasteiger partial charge in [-0.2, -0.15) is 0 Å². The monoisotopic (exact) mass is 353 g/mol. The van der Waals surface area contributed by atoms with E-state index in [-0.39, 0.29) is 17.3 Å². The number of halogens is 1. The van der Waals surface area contributed by atoms with Crippen molar-refractivity contribution in [1.29, 1.82) is 0 Å². The predicted molar refractivity (Wildman–Crippen MR) is 98.7 cm³/mol. The van der Waals surface area contributed by atoms with Crippen LogP contribution in [0.5, 0.6) is 0 Å². The highest BCUT2D eigenvalue weighted by Gasteiger charge is 2.32. The maximum absolute atomic E-state index is 11.8. The number of hydrogen-bond donors (Lipinski definition) is 1. The Labute approximate surface area is 147 Å². The van der Waals surface area contributed by atoms with Crippen molar-refractivity contribution < 1.29 is 0 Å². The molecule has 0 radical (unpaired) electrons. The van der Waals surface area contributed by atoms with E-state index in [4.69, 9.17) is 5.73 Å². The average Bonchev–Trinajstić information content (AvgIpc) is 3.10. The van der Waals surface area contributed by atoms with Gasteiger partial charge in [-0.1, -0.05) is 41.7 Å². The van der Waals surface area contributed by atoms with Gasteiger partial charge in [0.15, 0.2) is 0 Å². The molecule has 0 unspecified atom stereocenters. The fraction of sp³-hybridized carbons (Fsp3) is 0.471. The summed E-state index contributed by atoms with van der Waals surface area (Å²) in [5, 5.41) is 1.93. The zero-order valence-corrected chi connectivity index (χ0v) is 15.0. The first kappa shape index (κ1) is 18.2. The Hall–Kier alpha value is -1.14. The molecule has 1 fully saturated rings. The number of nitrogens with two attached hydrogens (primary N) is 1. The van der Waals surface area contributed by atoms with E-state index in [1.165, 1.54) is 16.9 Å². The van der Waals surface area contributed by atoms with Crippen LogP contribution >= 0.6 is 23.7 Å². The lowest BCUT2D eigenvalue weighted by atomic mass is 9.89. The zero-order valence-electron chi connectivity index (χ0n) is 13.4. The number of hydrogen-bond acceptors (Lipinski definition) is 4. The molecule has 6 heteroatoms. The van der Waals surface area contributed by atoms with Crippen LogP contribution in [0, 0.1) is 12.8 Å². The molecular weight excluding hydrogens is 330 g/mol. The summed E-state index contributed by atoms with van der Waals surface area (Å²) in [5.41, 5.74) is 8.42. The molecule has 0 saturated carbocycles. The van der Waals surface area contributed by atoms with Crippen LogP contribution in [0.2, 0.25) is 0 Å². The van der Waals surface area contributed by atoms with E-state index in [0.717, 1.165) is 31.9 Å². The largest absolute Gasteiger partial charge is 0.330 e. The third-order valence-electron chi connectivity index (χ3n) is 4.66. The van der Waals surface area contributed by atoms with Gasteiger partial charge in [0.05, 0.1) is 0 Å². The van der Waals surface area contributed by atoms with Crippen LogP contribution in [0.1, 0.15) is 17.2 Å². The van der Waals surface area contributed by atoms with Gasteiger partial charge in [0.2, 0.25) is 0 Å². The molecule has 3 rings (SSSR count). The highest BCUT2D eigenvalue weighted by atomic mass is 35.5. The van der Waals surface area contributed by atoms with Crippen molar-refractivity contribution >= 4 is 23.7 Å². The molecule has 23 heavy (non-hydrogen) atoms. The second-order valence-corrected chi connectivity index (χ2v) is 6.89. The lowest BCUT2D eigenvalue weighted by Crippen LogP contribution is -2.29. The maximum Gasteiger partial charge on any atom is 0.307 e. The number of likely N-dealkylation sites (tertiary alicyclic amines) is 1. The SMILES string of the molecule is Cc1csc(=O)n1CCN1C[C@@H](CN)[C@H](c2ccccc2)C1.Cl. The van der Waals surface area contributed by atoms with Gasteiger partial charge in [0.1, 0.15) is 0 Å². The minimum atomic E-state index is 0. The average molecular weight is 354 g/mol. The third-order valence-corrected chi connectivity index (χ3v) is 5.54. The first-order valence-corrected chi connectivity index (χ1v) is 8.69. The fourth-order valence-electron chi connectivity index (χ4n) is 3.38. The Morgan fingerprint density at radius 1 is 1.22 bits per heavy atom. The summed E-state index contributed by atoms with van der Waals surface area (Å²) in [5.74, 6) is 1.01. The number of aryl methyl sites for hydroxylation is 1. The number of thiazole rings is 1. The molecule has 1 aromatic heterocycles. The second kappa shape index (κ2) is 8.11. The minimum absolute atomic E-state index is 0. The Balaban J connectivity index is 0.00000192. The van der Waals surface area contributed by atoms with Gasteiger partial charge < -0.3 is 15.2 Å². The van der Waals surface area contributed by atoms with Crippen molar-refractivity contribution in [2.45, 2.75) is 19.4 Å². The van der Waals surface area contributed by atoms with E-state index in [0.29, 0.717) is 18.4 Å². The van der Waals surface area contributed by atoms with Crippen molar-refractivity contribution in [3.05, 3.63) is 56.6 Å². The van der Waals surface area contributed by atoms with Crippen LogP contribution in [-0.4, -0.2) is 35.6 Å². The van der Waals surface area contributed by atoms with Crippen LogP contribution < -0.4 is 10.6 Å². The number of nitrogens with zero attached hydrogens (tertiary/aromatic N) is 2. The molecule has 2 atom stereocenters. The van der Waals surface area contributed by atoms with E-state index in [1.807, 2.05) is 16.9 Å². The van der Waals surface area contributed by atoms with Crippen molar-refractivity contribution in [1.82, 2.24) is 9.47 Å². The molecule has 126 valence electrons. The smallest absolute Gasteiger partial charge is 0.307 e. The van der Waals surface area contributed by atoms with Gasteiger partial charge in [-0.05, 0) is 24.9 Å². The molecular formula is C17H24ClN3OS. The van der Waals surface area contributed by atoms with Crippen molar-refractivity contribution in [3.63, 3.8) is 0 Å². The quantitative estimate of drug-likeness (QED) is 0.897. The molecule has 2 N–H and O–H groups in total. The number of aromatic nitrogens is 1. The van der Waals surface area contributed by atoms with Gasteiger partial charge in [-0.3, -0.25) is 4.79 Å². The minimum Gasteiger partial charge on any atom is -0.330 e. The van der Waals surface area contributed by atoms with Crippen molar-refractivity contribution in [2.24, 2.45) is 11.7 Å². The molecule has 0 spiro atoms. The maximum atomic E-state index is 11.8. The van der Waals surface area contributed by atoms with E-state index in [2.05, 4.69) is 35.2 Å². The third kappa shape index (κ3) is 4.04. The molecule has 1 aliphatic heterocycles. The Bertz CT molecular complexity index is 670. The van der Waals surface area contributed by atoms with Gasteiger partial charge >= 0.3 is 4.87 Å². The van der Waals surface area contributed by atoms with Crippen LogP contribution in [0.15, 0.2) is 40.5 Å². The normalized spacial score (nSPS) is 21.3. The van der Waals surface area contributed by atoms with Gasteiger partial charge in [-0.25, -0.2) is 0 Å². The highest BCUT2D eigenvalue weighted by molar-refractivity contribution is 7.07. The Morgan fingerprint density at radius 3 is 2.57 bits per heavy atom. The topological polar surface area (TPSA) is 51.3 Å². The summed E-state index contributed by atoms with van der Waals surface area (Å²) < 4.78 is 1.87. The first-order valence-electron chi connectivity index (χ1n) is 7.81. The molecule has 2 aromatic rings. The lowest BCUT2D eigenvalue weighted by Gasteiger charge is -2.17. The van der Waals surface area contributed by atoms with Crippen LogP contribution in [0.3, 0.4) is 0 Å². The molecule has 1 aromatic carbocycles. The van der Waals surface area contributed by atoms with Crippen molar-refractivity contribution in [2.75, 3.05) is 26.2 Å². The summed E-state index contributed by atoms with van der Waals surface area (Å²) >= 11 is 1.28. The molecule has 0 aliphatic carbocycles. The highest BCUT2D eigenvalue weighted by Crippen LogP contribution is 2.31. The van der Waals surface area contributed by atoms with Gasteiger partial charge in [0, 0.05) is 43.2 Å². The van der Waals surface area contributed by atoms with E-state index < -0.39 is 0 Å². The molecule has 1 aliphatic rings. The van der Waals surface area contributed by atoms with Gasteiger partial charge in [0.25, 0.3) is 0 Å². The Kier molecular flexibility index (Phi) is 6.41. The summed E-state index contributed by atoms with van der Waals surface area (Å²) in [4.78, 5) is 14.4. The lowest BCUT2D eigenvalue weighted by molar-refractivity contribution is 0.308. The molecule has 0 amide bonds. The number of rotatable bonds is 5. The molecule has 0 bridgehead atoms. The van der Waals surface area contributed by atoms with E-state index >= 15 is 0 Å². The van der Waals surface area contributed by atoms with Crippen LogP contribution in [0.4, 0.5) is 0 Å². The standard InChI is InChI=1S/C17H23N3OS.ClH/c1-13-12-22-17(21)20(13)8-7-19-10-15(9-18)16(11-19)14-5-3-2-4-6-14;/h2-6,12,15-16H,7-11,18H2,1H3;1H/t15-,16+;/m1./s1. The number of benzene rings is 1. The predicted octanol–water partition coefficient (Wildman–Crippen LogP) is 2.31. The van der Waals surface area contributed by atoms with Crippen LogP contribution in [-0.2, 0) is 6.54 Å². The molecule has 2 heterocycles. The summed E-state index contributed by atoms with van der Waals surface area (Å²) in [6.07, 6.45) is 0. The van der Waals surface area contributed by atoms with Crippen molar-refractivity contribution in [3.8, 4) is 0 Å². The second-order valence-electron chi connectivity index (χ2n) is 6.07. The zero-order chi connectivity index (χ0) is 15.5. The van der Waals surface area contributed by atoms with E-state index in [1.54, 1.807) is 0 Å². The summed E-state index contributed by atoms with van der Waals surface area (Å²) in [6.45, 7) is 6.45. The summed E-state index contributed by atoms with van der Waals surface area (Å²) in [6, 6.07) is 10.6. The molecule has 4 nitrogen and oxygen atoms in total. The Morgan fingerprint density at radius 2 is 1.96 bits per heavy atom.